The van der Waals surface area contributed by atoms with Crippen LogP contribution in [0.15, 0.2) is 35.0 Å². The Kier molecular flexibility index (Phi) is 7.60. The molecule has 4 heterocycles. The monoisotopic (exact) mass is 577 g/mol. The number of rotatable bonds is 6. The highest BCUT2D eigenvalue weighted by Crippen LogP contribution is 2.36. The van der Waals surface area contributed by atoms with E-state index >= 15 is 4.39 Å². The van der Waals surface area contributed by atoms with E-state index in [4.69, 9.17) is 4.52 Å². The predicted octanol–water partition coefficient (Wildman–Crippen LogP) is 3.91. The molecule has 1 aromatic carbocycles. The number of hydrogen-bond donors (Lipinski definition) is 1. The van der Waals surface area contributed by atoms with Crippen LogP contribution in [0, 0.1) is 5.82 Å². The van der Waals surface area contributed by atoms with Crippen molar-refractivity contribution in [1.29, 1.82) is 0 Å². The Hall–Kier alpha value is -4.55. The molecular formula is C29H36FN9O3. The molecule has 1 aliphatic heterocycles. The van der Waals surface area contributed by atoms with Gasteiger partial charge in [0, 0.05) is 65.0 Å². The number of hydrogen-bond acceptors (Lipinski definition) is 8. The minimum absolute atomic E-state index is 0.0231. The molecule has 42 heavy (non-hydrogen) atoms. The van der Waals surface area contributed by atoms with Crippen LogP contribution < -0.4 is 4.90 Å². The molecule has 0 spiro atoms. The predicted molar refractivity (Wildman–Crippen MR) is 156 cm³/mol. The van der Waals surface area contributed by atoms with Crippen LogP contribution in [-0.4, -0.2) is 99.3 Å². The second-order valence-corrected chi connectivity index (χ2v) is 11.9. The average molecular weight is 578 g/mol. The van der Waals surface area contributed by atoms with E-state index in [1.54, 1.807) is 43.2 Å². The lowest BCUT2D eigenvalue weighted by molar-refractivity contribution is 0.0734. The fourth-order valence-electron chi connectivity index (χ4n) is 5.07. The lowest BCUT2D eigenvalue weighted by atomic mass is 9.96. The molecule has 1 N–H and O–H groups in total. The number of carbonyl (C=O) groups excluding carboxylic acids is 2. The number of urea groups is 1. The topological polar surface area (TPSA) is 128 Å². The Morgan fingerprint density at radius 3 is 2.60 bits per heavy atom. The zero-order valence-corrected chi connectivity index (χ0v) is 25.0. The van der Waals surface area contributed by atoms with Crippen molar-refractivity contribution >= 4 is 28.8 Å². The van der Waals surface area contributed by atoms with Crippen molar-refractivity contribution in [1.82, 2.24) is 40.0 Å². The van der Waals surface area contributed by atoms with Crippen molar-refractivity contribution < 1.29 is 18.5 Å². The van der Waals surface area contributed by atoms with E-state index in [1.165, 1.54) is 11.0 Å². The molecule has 0 bridgehead atoms. The molecule has 4 aromatic rings. The SMILES string of the molecule is CN(C)C(=O)N(C)[C@@H]1CCN(c2n[nH]c3nccc(-c4ccc(CN(C)C(=O)c5nc(C(C)(C)C)no5)c(F)c4)c23)C1. The van der Waals surface area contributed by atoms with Gasteiger partial charge in [-0.05, 0) is 29.7 Å². The highest BCUT2D eigenvalue weighted by Gasteiger charge is 2.32. The first-order valence-corrected chi connectivity index (χ1v) is 13.8. The molecule has 0 unspecified atom stereocenters. The highest BCUT2D eigenvalue weighted by atomic mass is 19.1. The molecule has 12 nitrogen and oxygen atoms in total. The number of pyridine rings is 1. The number of fused-ring (bicyclic) bond motifs is 1. The van der Waals surface area contributed by atoms with Crippen LogP contribution in [0.1, 0.15) is 49.3 Å². The van der Waals surface area contributed by atoms with E-state index in [1.807, 2.05) is 40.0 Å². The van der Waals surface area contributed by atoms with Crippen LogP contribution in [0.5, 0.6) is 0 Å². The number of likely N-dealkylation sites (N-methyl/N-ethyl adjacent to an activating group) is 1. The van der Waals surface area contributed by atoms with E-state index in [2.05, 4.69) is 30.2 Å². The summed E-state index contributed by atoms with van der Waals surface area (Å²) in [6.07, 6.45) is 2.46. The van der Waals surface area contributed by atoms with E-state index in [-0.39, 0.29) is 29.9 Å². The van der Waals surface area contributed by atoms with Crippen LogP contribution in [0.3, 0.4) is 0 Å². The molecule has 3 aromatic heterocycles. The van der Waals surface area contributed by atoms with Gasteiger partial charge in [0.15, 0.2) is 17.3 Å². The standard InChI is InChI=1S/C29H36FN9O3/c1-29(2,3)27-32-25(42-35-27)26(40)37(6)15-18-9-8-17(14-21(18)30)20-10-12-31-23-22(20)24(34-33-23)39-13-11-19(16-39)38(7)28(41)36(4)5/h8-10,12,14,19H,11,13,15-16H2,1-7H3,(H,31,33,34)/t19-/m1/s1. The Morgan fingerprint density at radius 1 is 1.17 bits per heavy atom. The van der Waals surface area contributed by atoms with Crippen LogP contribution in [0.25, 0.3) is 22.2 Å². The molecule has 5 rings (SSSR count). The van der Waals surface area contributed by atoms with E-state index in [0.717, 1.165) is 23.9 Å². The fourth-order valence-corrected chi connectivity index (χ4v) is 5.07. The van der Waals surface area contributed by atoms with Crippen LogP contribution in [0.2, 0.25) is 0 Å². The van der Waals surface area contributed by atoms with Gasteiger partial charge in [0.05, 0.1) is 11.4 Å². The van der Waals surface area contributed by atoms with E-state index in [0.29, 0.717) is 35.0 Å². The van der Waals surface area contributed by atoms with Gasteiger partial charge in [-0.1, -0.05) is 38.1 Å². The Labute approximate surface area is 243 Å². The van der Waals surface area contributed by atoms with Crippen molar-refractivity contribution in [2.24, 2.45) is 0 Å². The maximum Gasteiger partial charge on any atom is 0.319 e. The fraction of sp³-hybridized carbons (Fsp3) is 0.448. The third kappa shape index (κ3) is 5.50. The number of amides is 3. The molecule has 1 saturated heterocycles. The highest BCUT2D eigenvalue weighted by molar-refractivity contribution is 6.00. The Bertz CT molecular complexity index is 1620. The summed E-state index contributed by atoms with van der Waals surface area (Å²) in [7, 11) is 6.85. The molecule has 0 aliphatic carbocycles. The largest absolute Gasteiger partial charge is 0.352 e. The Balaban J connectivity index is 1.36. The lowest BCUT2D eigenvalue weighted by Gasteiger charge is -2.27. The minimum Gasteiger partial charge on any atom is -0.352 e. The first-order valence-electron chi connectivity index (χ1n) is 13.8. The second-order valence-electron chi connectivity index (χ2n) is 11.9. The number of nitrogens with one attached hydrogen (secondary N) is 1. The third-order valence-corrected chi connectivity index (χ3v) is 7.54. The number of aromatic nitrogens is 5. The maximum atomic E-state index is 15.5. The van der Waals surface area contributed by atoms with Crippen molar-refractivity contribution in [2.75, 3.05) is 46.2 Å². The van der Waals surface area contributed by atoms with Gasteiger partial charge in [0.2, 0.25) is 0 Å². The van der Waals surface area contributed by atoms with Crippen molar-refractivity contribution in [3.8, 4) is 11.1 Å². The first-order chi connectivity index (χ1) is 19.8. The molecule has 222 valence electrons. The summed E-state index contributed by atoms with van der Waals surface area (Å²) in [6, 6.07) is 6.77. The molecular weight excluding hydrogens is 541 g/mol. The normalized spacial score (nSPS) is 15.3. The van der Waals surface area contributed by atoms with Gasteiger partial charge in [0.25, 0.3) is 0 Å². The summed E-state index contributed by atoms with van der Waals surface area (Å²) in [4.78, 5) is 40.8. The van der Waals surface area contributed by atoms with Crippen molar-refractivity contribution in [2.45, 2.75) is 45.2 Å². The van der Waals surface area contributed by atoms with Gasteiger partial charge in [-0.25, -0.2) is 14.2 Å². The Morgan fingerprint density at radius 2 is 1.93 bits per heavy atom. The maximum absolute atomic E-state index is 15.5. The smallest absolute Gasteiger partial charge is 0.319 e. The van der Waals surface area contributed by atoms with Gasteiger partial charge in [-0.15, -0.1) is 0 Å². The number of halogens is 1. The summed E-state index contributed by atoms with van der Waals surface area (Å²) in [5.74, 6) is 0.0729. The number of aromatic amines is 1. The lowest BCUT2D eigenvalue weighted by Crippen LogP contribution is -2.44. The molecule has 1 atom stereocenters. The number of anilines is 1. The quantitative estimate of drug-likeness (QED) is 0.366. The van der Waals surface area contributed by atoms with Crippen LogP contribution in [-0.2, 0) is 12.0 Å². The van der Waals surface area contributed by atoms with Crippen molar-refractivity contribution in [3.63, 3.8) is 0 Å². The molecule has 1 aliphatic rings. The van der Waals surface area contributed by atoms with E-state index in [9.17, 15) is 9.59 Å². The zero-order chi connectivity index (χ0) is 30.3. The van der Waals surface area contributed by atoms with Gasteiger partial charge >= 0.3 is 17.8 Å². The summed E-state index contributed by atoms with van der Waals surface area (Å²) in [5, 5.41) is 12.2. The van der Waals surface area contributed by atoms with Gasteiger partial charge in [-0.2, -0.15) is 10.1 Å². The van der Waals surface area contributed by atoms with Crippen LogP contribution >= 0.6 is 0 Å². The summed E-state index contributed by atoms with van der Waals surface area (Å²) in [6.45, 7) is 7.13. The number of carbonyl (C=O) groups is 2. The number of benzene rings is 1. The van der Waals surface area contributed by atoms with Crippen LogP contribution in [0.4, 0.5) is 15.0 Å². The van der Waals surface area contributed by atoms with E-state index < -0.39 is 11.7 Å². The molecule has 13 heteroatoms. The van der Waals surface area contributed by atoms with Gasteiger partial charge in [-0.3, -0.25) is 9.89 Å². The zero-order valence-electron chi connectivity index (χ0n) is 25.0. The average Bonchev–Trinajstić information content (AvgIpc) is 3.72. The van der Waals surface area contributed by atoms with Gasteiger partial charge < -0.3 is 24.1 Å². The first kappa shape index (κ1) is 29.0. The minimum atomic E-state index is -0.484. The third-order valence-electron chi connectivity index (χ3n) is 7.54. The van der Waals surface area contributed by atoms with Crippen molar-refractivity contribution in [3.05, 3.63) is 53.6 Å². The molecule has 0 saturated carbocycles. The molecule has 1 fully saturated rings. The second kappa shape index (κ2) is 11.0. The number of nitrogens with zero attached hydrogens (tertiary/aromatic N) is 8. The summed E-state index contributed by atoms with van der Waals surface area (Å²) >= 11 is 0. The van der Waals surface area contributed by atoms with Gasteiger partial charge in [0.1, 0.15) is 5.82 Å². The molecule has 0 radical (unpaired) electrons. The number of H-pyrrole nitrogens is 1. The summed E-state index contributed by atoms with van der Waals surface area (Å²) < 4.78 is 20.6. The summed E-state index contributed by atoms with van der Waals surface area (Å²) in [5.41, 5.74) is 2.00. The molecule has 3 amide bonds.